The molecule has 1 saturated heterocycles. The van der Waals surface area contributed by atoms with Crippen LogP contribution in [-0.2, 0) is 16.7 Å². The molecule has 1 aromatic carbocycles. The number of piperazine rings is 1. The molecule has 4 rings (SSSR count). The molecule has 0 N–H and O–H groups in total. The molecule has 0 aliphatic carbocycles. The van der Waals surface area contributed by atoms with E-state index in [1.807, 2.05) is 48.4 Å². The fraction of sp³-hybridized carbons (Fsp3) is 0.368. The molecule has 0 saturated carbocycles. The predicted molar refractivity (Wildman–Crippen MR) is 110 cm³/mol. The number of benzene rings is 1. The van der Waals surface area contributed by atoms with Crippen LogP contribution in [0.5, 0.6) is 0 Å². The lowest BCUT2D eigenvalue weighted by Gasteiger charge is -2.34. The highest BCUT2D eigenvalue weighted by Crippen LogP contribution is 2.24. The molecule has 2 aromatic heterocycles. The Bertz CT molecular complexity index is 1160. The van der Waals surface area contributed by atoms with E-state index in [1.165, 1.54) is 20.2 Å². The van der Waals surface area contributed by atoms with Gasteiger partial charge in [-0.3, -0.25) is 9.42 Å². The van der Waals surface area contributed by atoms with E-state index in [4.69, 9.17) is 4.52 Å². The lowest BCUT2D eigenvalue weighted by Crippen LogP contribution is -2.49. The van der Waals surface area contributed by atoms with Crippen molar-refractivity contribution in [2.75, 3.05) is 26.2 Å². The molecule has 0 unspecified atom stereocenters. The topological polar surface area (TPSA) is 88.7 Å². The largest absolute Gasteiger partial charge is 0.443 e. The molecule has 3 aromatic rings. The second-order valence-electron chi connectivity index (χ2n) is 7.11. The third-order valence-electron chi connectivity index (χ3n) is 5.05. The molecule has 0 spiro atoms. The highest BCUT2D eigenvalue weighted by atomic mass is 32.2. The number of thiophene rings is 1. The first kappa shape index (κ1) is 20.0. The molecular weight excluding hydrogens is 412 g/mol. The van der Waals surface area contributed by atoms with Crippen molar-refractivity contribution in [3.8, 4) is 10.7 Å². The van der Waals surface area contributed by atoms with Crippen molar-refractivity contribution in [2.24, 2.45) is 0 Å². The number of aryl methyl sites for hydroxylation is 2. The van der Waals surface area contributed by atoms with Crippen LogP contribution in [-0.4, -0.2) is 53.5 Å². The van der Waals surface area contributed by atoms with Crippen molar-refractivity contribution in [3.05, 3.63) is 57.4 Å². The van der Waals surface area contributed by atoms with Gasteiger partial charge < -0.3 is 0 Å². The average molecular weight is 435 g/mol. The summed E-state index contributed by atoms with van der Waals surface area (Å²) in [4.78, 5) is 15.3. The van der Waals surface area contributed by atoms with Gasteiger partial charge in [0.2, 0.25) is 10.0 Å². The minimum Gasteiger partial charge on any atom is -0.295 e. The Morgan fingerprint density at radius 2 is 1.90 bits per heavy atom. The van der Waals surface area contributed by atoms with Gasteiger partial charge in [0.15, 0.2) is 5.82 Å². The molecule has 10 heteroatoms. The fourth-order valence-corrected chi connectivity index (χ4v) is 5.86. The minimum atomic E-state index is -3.54. The zero-order valence-corrected chi connectivity index (χ0v) is 17.9. The summed E-state index contributed by atoms with van der Waals surface area (Å²) < 4.78 is 33.9. The van der Waals surface area contributed by atoms with Gasteiger partial charge in [0.05, 0.1) is 16.4 Å². The molecule has 0 radical (unpaired) electrons. The first-order valence-electron chi connectivity index (χ1n) is 9.26. The summed E-state index contributed by atoms with van der Waals surface area (Å²) in [7, 11) is -3.54. The molecule has 0 amide bonds. The molecule has 8 nitrogen and oxygen atoms in total. The molecule has 29 heavy (non-hydrogen) atoms. The summed E-state index contributed by atoms with van der Waals surface area (Å²) in [5.41, 5.74) is 1.79. The zero-order chi connectivity index (χ0) is 20.6. The third-order valence-corrected chi connectivity index (χ3v) is 7.97. The van der Waals surface area contributed by atoms with E-state index in [0.717, 1.165) is 16.0 Å². The zero-order valence-electron chi connectivity index (χ0n) is 16.2. The first-order chi connectivity index (χ1) is 13.9. The summed E-state index contributed by atoms with van der Waals surface area (Å²) >= 11 is 1.48. The van der Waals surface area contributed by atoms with Crippen LogP contribution in [0.3, 0.4) is 0 Å². The lowest BCUT2D eigenvalue weighted by atomic mass is 10.2. The van der Waals surface area contributed by atoms with Gasteiger partial charge in [0.25, 0.3) is 0 Å². The number of hydrogen-bond acceptors (Lipinski definition) is 7. The summed E-state index contributed by atoms with van der Waals surface area (Å²) in [6.45, 7) is 5.85. The van der Waals surface area contributed by atoms with E-state index in [2.05, 4.69) is 5.16 Å². The van der Waals surface area contributed by atoms with Crippen LogP contribution >= 0.6 is 11.3 Å². The average Bonchev–Trinajstić information content (AvgIpc) is 3.32. The quantitative estimate of drug-likeness (QED) is 0.611. The third kappa shape index (κ3) is 3.93. The molecule has 1 aliphatic heterocycles. The van der Waals surface area contributed by atoms with Gasteiger partial charge >= 0.3 is 5.76 Å². The Labute approximate surface area is 173 Å². The maximum Gasteiger partial charge on any atom is 0.443 e. The molecule has 0 bridgehead atoms. The van der Waals surface area contributed by atoms with Crippen molar-refractivity contribution in [1.29, 1.82) is 0 Å². The highest BCUT2D eigenvalue weighted by Gasteiger charge is 2.30. The van der Waals surface area contributed by atoms with Crippen molar-refractivity contribution in [3.63, 3.8) is 0 Å². The van der Waals surface area contributed by atoms with E-state index in [0.29, 0.717) is 43.6 Å². The van der Waals surface area contributed by atoms with E-state index in [9.17, 15) is 13.2 Å². The normalized spacial score (nSPS) is 16.3. The van der Waals surface area contributed by atoms with Crippen molar-refractivity contribution < 1.29 is 12.9 Å². The van der Waals surface area contributed by atoms with Gasteiger partial charge in [-0.2, -0.15) is 4.31 Å². The van der Waals surface area contributed by atoms with Crippen LogP contribution < -0.4 is 5.76 Å². The number of aromatic nitrogens is 2. The fourth-order valence-electron chi connectivity index (χ4n) is 3.51. The second-order valence-corrected chi connectivity index (χ2v) is 9.96. The maximum atomic E-state index is 13.0. The molecular formula is C19H22N4O4S2. The van der Waals surface area contributed by atoms with E-state index in [-0.39, 0.29) is 0 Å². The molecule has 1 fully saturated rings. The van der Waals surface area contributed by atoms with Gasteiger partial charge in [-0.25, -0.2) is 17.8 Å². The number of rotatable bonds is 5. The molecule has 3 heterocycles. The summed E-state index contributed by atoms with van der Waals surface area (Å²) in [5, 5.41) is 5.80. The number of hydrogen-bond donors (Lipinski definition) is 0. The van der Waals surface area contributed by atoms with E-state index >= 15 is 0 Å². The van der Waals surface area contributed by atoms with E-state index < -0.39 is 15.8 Å². The Morgan fingerprint density at radius 1 is 1.14 bits per heavy atom. The highest BCUT2D eigenvalue weighted by molar-refractivity contribution is 7.89. The van der Waals surface area contributed by atoms with Gasteiger partial charge in [-0.15, -0.1) is 11.3 Å². The molecule has 154 valence electrons. The van der Waals surface area contributed by atoms with Crippen LogP contribution in [0.25, 0.3) is 10.7 Å². The Kier molecular flexibility index (Phi) is 5.43. The van der Waals surface area contributed by atoms with Crippen molar-refractivity contribution >= 4 is 21.4 Å². The van der Waals surface area contributed by atoms with Crippen LogP contribution in [0.15, 0.2) is 49.9 Å². The van der Waals surface area contributed by atoms with Gasteiger partial charge in [0, 0.05) is 26.2 Å². The summed E-state index contributed by atoms with van der Waals surface area (Å²) in [5.74, 6) is -0.0194. The Morgan fingerprint density at radius 3 is 2.55 bits per heavy atom. The standard InChI is InChI=1S/C19H22N4O4S2/c1-14-5-6-17(15(2)12-14)29(25,26)22-9-7-21(8-10-22)13-23-18(20-27-19(23)24)16-4-3-11-28-16/h3-6,11-12H,7-10,13H2,1-2H3. The van der Waals surface area contributed by atoms with Crippen LogP contribution in [0, 0.1) is 13.8 Å². The van der Waals surface area contributed by atoms with Gasteiger partial charge in [-0.1, -0.05) is 28.9 Å². The second kappa shape index (κ2) is 7.86. The SMILES string of the molecule is Cc1ccc(S(=O)(=O)N2CCN(Cn3c(-c4cccs4)noc3=O)CC2)c(C)c1. The van der Waals surface area contributed by atoms with Crippen LogP contribution in [0.1, 0.15) is 11.1 Å². The molecule has 0 atom stereocenters. The monoisotopic (exact) mass is 434 g/mol. The Balaban J connectivity index is 1.47. The van der Waals surface area contributed by atoms with E-state index in [1.54, 1.807) is 6.07 Å². The Hall–Kier alpha value is -2.27. The lowest BCUT2D eigenvalue weighted by molar-refractivity contribution is 0.149. The predicted octanol–water partition coefficient (Wildman–Crippen LogP) is 2.15. The van der Waals surface area contributed by atoms with Crippen LogP contribution in [0.4, 0.5) is 0 Å². The molecule has 1 aliphatic rings. The van der Waals surface area contributed by atoms with Crippen molar-refractivity contribution in [2.45, 2.75) is 25.4 Å². The maximum absolute atomic E-state index is 13.0. The minimum absolute atomic E-state index is 0.313. The van der Waals surface area contributed by atoms with Crippen LogP contribution in [0.2, 0.25) is 0 Å². The smallest absolute Gasteiger partial charge is 0.295 e. The summed E-state index contributed by atoms with van der Waals surface area (Å²) in [6, 6.07) is 9.15. The van der Waals surface area contributed by atoms with Gasteiger partial charge in [0.1, 0.15) is 0 Å². The summed E-state index contributed by atoms with van der Waals surface area (Å²) in [6.07, 6.45) is 0. The van der Waals surface area contributed by atoms with Gasteiger partial charge in [-0.05, 0) is 36.9 Å². The van der Waals surface area contributed by atoms with Crippen molar-refractivity contribution in [1.82, 2.24) is 18.9 Å². The number of nitrogens with zero attached hydrogens (tertiary/aromatic N) is 4. The number of sulfonamides is 1. The first-order valence-corrected chi connectivity index (χ1v) is 11.6.